The molecule has 3 fully saturated rings. The molecule has 2 aliphatic carbocycles. The number of ether oxygens (including phenoxy) is 5. The molecular weight excluding hydrogens is 665 g/mol. The normalized spacial score (nSPS) is 22.5. The van der Waals surface area contributed by atoms with Gasteiger partial charge in [-0.3, -0.25) is 4.79 Å². The van der Waals surface area contributed by atoms with Crippen molar-refractivity contribution in [3.8, 4) is 17.4 Å². The number of carbonyl (C=O) groups excluding carboxylic acids is 2. The molecule has 1 saturated heterocycles. The van der Waals surface area contributed by atoms with Gasteiger partial charge in [0.05, 0.1) is 33.0 Å². The molecule has 3 N–H and O–H groups in total. The number of rotatable bonds is 14. The molecule has 1 amide bonds. The predicted molar refractivity (Wildman–Crippen MR) is 184 cm³/mol. The third-order valence-corrected chi connectivity index (χ3v) is 9.40. The van der Waals surface area contributed by atoms with Gasteiger partial charge in [-0.15, -0.1) is 24.8 Å². The summed E-state index contributed by atoms with van der Waals surface area (Å²) in [5.41, 5.74) is 1.43. The van der Waals surface area contributed by atoms with Crippen LogP contribution in [0.5, 0.6) is 17.4 Å². The van der Waals surface area contributed by atoms with Crippen molar-refractivity contribution < 1.29 is 43.2 Å². The minimum absolute atomic E-state index is 0. The van der Waals surface area contributed by atoms with Crippen LogP contribution >= 0.6 is 24.8 Å². The first-order chi connectivity index (χ1) is 22.0. The lowest BCUT2D eigenvalue weighted by atomic mass is 9.87. The van der Waals surface area contributed by atoms with E-state index < -0.39 is 24.1 Å². The van der Waals surface area contributed by atoms with E-state index in [1.165, 1.54) is 7.11 Å². The Bertz CT molecular complexity index is 1440. The van der Waals surface area contributed by atoms with E-state index in [4.69, 9.17) is 28.7 Å². The fourth-order valence-electron chi connectivity index (χ4n) is 7.02. The Labute approximate surface area is 294 Å². The highest BCUT2D eigenvalue weighted by molar-refractivity contribution is 5.88. The van der Waals surface area contributed by atoms with Crippen LogP contribution in [0.25, 0.3) is 10.9 Å². The lowest BCUT2D eigenvalue weighted by molar-refractivity contribution is -0.143. The van der Waals surface area contributed by atoms with Gasteiger partial charge in [0.1, 0.15) is 29.7 Å². The molecule has 2 saturated carbocycles. The van der Waals surface area contributed by atoms with Crippen LogP contribution in [0.2, 0.25) is 0 Å². The van der Waals surface area contributed by atoms with Crippen LogP contribution < -0.4 is 24.8 Å². The number of aliphatic carboxylic acids is 1. The summed E-state index contributed by atoms with van der Waals surface area (Å²) in [6.45, 7) is 7.15. The fourth-order valence-corrected chi connectivity index (χ4v) is 7.02. The number of amides is 1. The molecule has 1 aromatic carbocycles. The zero-order chi connectivity index (χ0) is 33.0. The summed E-state index contributed by atoms with van der Waals surface area (Å²) in [5, 5.41) is 16.2. The number of hydrogen-bond donors (Lipinski definition) is 3. The number of aromatic nitrogens is 1. The second kappa shape index (κ2) is 16.9. The molecule has 1 aromatic heterocycles. The van der Waals surface area contributed by atoms with E-state index in [0.29, 0.717) is 42.6 Å². The molecule has 1 aliphatic heterocycles. The van der Waals surface area contributed by atoms with Gasteiger partial charge in [0.25, 0.3) is 0 Å². The number of benzene rings is 1. The number of carboxylic acids is 1. The molecule has 0 radical (unpaired) electrons. The molecule has 3 aliphatic rings. The quantitative estimate of drug-likeness (QED) is 0.208. The average molecular weight is 715 g/mol. The highest BCUT2D eigenvalue weighted by atomic mass is 35.5. The third kappa shape index (κ3) is 9.47. The van der Waals surface area contributed by atoms with E-state index in [1.807, 2.05) is 13.0 Å². The highest BCUT2D eigenvalue weighted by Crippen LogP contribution is 2.56. The number of fused-ring (bicyclic) bond motifs is 1. The summed E-state index contributed by atoms with van der Waals surface area (Å²) in [6.07, 6.45) is 4.90. The first kappa shape index (κ1) is 39.2. The zero-order valence-corrected chi connectivity index (χ0v) is 29.9. The maximum Gasteiger partial charge on any atom is 0.407 e. The van der Waals surface area contributed by atoms with Gasteiger partial charge in [0.15, 0.2) is 0 Å². The minimum atomic E-state index is -1.02. The number of methoxy groups -OCH3 is 2. The van der Waals surface area contributed by atoms with Gasteiger partial charge >= 0.3 is 18.0 Å². The van der Waals surface area contributed by atoms with Gasteiger partial charge in [0, 0.05) is 30.5 Å². The SMILES string of the molecule is CCOc1cc(O[C@H]2CN[C@H](C(=O)OC)C2)c2cc(C3CC3CC(C)(C)COC(=O)N[C@H](C(=O)O)C3CCCC3)c(OC)cc2n1.Cl.Cl. The van der Waals surface area contributed by atoms with Crippen molar-refractivity contribution >= 4 is 53.7 Å². The number of carbonyl (C=O) groups is 3. The second-order valence-electron chi connectivity index (χ2n) is 13.5. The number of nitrogens with one attached hydrogen (secondary N) is 2. The molecule has 0 bridgehead atoms. The van der Waals surface area contributed by atoms with Crippen molar-refractivity contribution in [1.29, 1.82) is 0 Å². The van der Waals surface area contributed by atoms with Crippen molar-refractivity contribution in [2.24, 2.45) is 17.3 Å². The van der Waals surface area contributed by atoms with Crippen LogP contribution in [-0.4, -0.2) is 80.3 Å². The highest BCUT2D eigenvalue weighted by Gasteiger charge is 2.44. The van der Waals surface area contributed by atoms with Gasteiger partial charge in [-0.25, -0.2) is 14.6 Å². The third-order valence-electron chi connectivity index (χ3n) is 9.40. The van der Waals surface area contributed by atoms with Crippen LogP contribution in [0.3, 0.4) is 0 Å². The molecule has 5 atom stereocenters. The Hall–Kier alpha value is -3.22. The Morgan fingerprint density at radius 1 is 1.08 bits per heavy atom. The van der Waals surface area contributed by atoms with Crippen molar-refractivity contribution in [2.75, 3.05) is 34.0 Å². The number of carboxylic acid groups (broad SMARTS) is 1. The molecule has 268 valence electrons. The Balaban J connectivity index is 0.00000312. The van der Waals surface area contributed by atoms with Crippen LogP contribution in [0.4, 0.5) is 4.79 Å². The smallest absolute Gasteiger partial charge is 0.407 e. The summed E-state index contributed by atoms with van der Waals surface area (Å²) in [4.78, 5) is 41.1. The Kier molecular flexibility index (Phi) is 13.8. The van der Waals surface area contributed by atoms with Crippen molar-refractivity contribution in [3.05, 3.63) is 23.8 Å². The number of esters is 1. The van der Waals surface area contributed by atoms with Crippen molar-refractivity contribution in [3.63, 3.8) is 0 Å². The maximum atomic E-state index is 12.6. The van der Waals surface area contributed by atoms with Gasteiger partial charge in [-0.05, 0) is 67.4 Å². The molecule has 2 unspecified atom stereocenters. The van der Waals surface area contributed by atoms with Crippen molar-refractivity contribution in [1.82, 2.24) is 15.6 Å². The van der Waals surface area contributed by atoms with E-state index >= 15 is 0 Å². The number of hydrogen-bond acceptors (Lipinski definition) is 10. The maximum absolute atomic E-state index is 12.6. The minimum Gasteiger partial charge on any atom is -0.496 e. The van der Waals surface area contributed by atoms with E-state index in [-0.39, 0.29) is 60.7 Å². The molecule has 12 nitrogen and oxygen atoms in total. The van der Waals surface area contributed by atoms with E-state index in [9.17, 15) is 19.5 Å². The standard InChI is InChI=1S/C34H47N3O9.2ClH/c1-6-44-29-15-28(46-21-12-26(35-17-21)32(40)43-5)24-13-23(27(42-4)14-25(24)36-29)22-11-20(22)16-34(2,3)18-45-33(41)37-30(31(38)39)19-9-7-8-10-19;;/h13-15,19-22,26,30,35H,6-12,16-18H2,1-5H3,(H,37,41)(H,38,39);2*1H/t20?,21-,22?,26+,30+;;/m1../s1. The number of alkyl carbamates (subject to hydrolysis) is 1. The first-order valence-electron chi connectivity index (χ1n) is 16.3. The summed E-state index contributed by atoms with van der Waals surface area (Å²) in [6, 6.07) is 4.47. The van der Waals surface area contributed by atoms with Crippen LogP contribution in [0.15, 0.2) is 18.2 Å². The number of halogens is 2. The summed E-state index contributed by atoms with van der Waals surface area (Å²) in [5.74, 6) is 1.01. The van der Waals surface area contributed by atoms with E-state index in [2.05, 4.69) is 30.5 Å². The number of pyridine rings is 1. The largest absolute Gasteiger partial charge is 0.496 e. The van der Waals surface area contributed by atoms with Crippen LogP contribution in [-0.2, 0) is 19.1 Å². The van der Waals surface area contributed by atoms with E-state index in [0.717, 1.165) is 55.2 Å². The summed E-state index contributed by atoms with van der Waals surface area (Å²) in [7, 11) is 3.03. The molecule has 14 heteroatoms. The molecule has 2 heterocycles. The molecule has 2 aromatic rings. The van der Waals surface area contributed by atoms with Crippen LogP contribution in [0.1, 0.15) is 77.2 Å². The number of nitrogens with zero attached hydrogens (tertiary/aromatic N) is 1. The lowest BCUT2D eigenvalue weighted by Gasteiger charge is -2.26. The van der Waals surface area contributed by atoms with Crippen LogP contribution in [0, 0.1) is 17.3 Å². The molecular formula is C34H49Cl2N3O9. The predicted octanol–water partition coefficient (Wildman–Crippen LogP) is 5.66. The zero-order valence-electron chi connectivity index (χ0n) is 28.2. The molecule has 48 heavy (non-hydrogen) atoms. The molecule has 0 spiro atoms. The van der Waals surface area contributed by atoms with Crippen molar-refractivity contribution in [2.45, 2.75) is 89.8 Å². The Morgan fingerprint density at radius 3 is 2.46 bits per heavy atom. The average Bonchev–Trinajstić information content (AvgIpc) is 3.36. The fraction of sp³-hybridized carbons (Fsp3) is 0.647. The summed E-state index contributed by atoms with van der Waals surface area (Å²) < 4.78 is 28.5. The second-order valence-corrected chi connectivity index (χ2v) is 13.5. The topological polar surface area (TPSA) is 155 Å². The summed E-state index contributed by atoms with van der Waals surface area (Å²) >= 11 is 0. The lowest BCUT2D eigenvalue weighted by Crippen LogP contribution is -2.46. The van der Waals surface area contributed by atoms with Gasteiger partial charge in [0.2, 0.25) is 5.88 Å². The Morgan fingerprint density at radius 2 is 1.81 bits per heavy atom. The monoisotopic (exact) mass is 713 g/mol. The molecule has 5 rings (SSSR count). The van der Waals surface area contributed by atoms with E-state index in [1.54, 1.807) is 13.2 Å². The first-order valence-corrected chi connectivity index (χ1v) is 16.3. The van der Waals surface area contributed by atoms with Gasteiger partial charge in [-0.2, -0.15) is 0 Å². The van der Waals surface area contributed by atoms with Gasteiger partial charge in [-0.1, -0.05) is 26.7 Å². The van der Waals surface area contributed by atoms with Gasteiger partial charge < -0.3 is 39.4 Å².